The maximum absolute atomic E-state index is 12.8. The van der Waals surface area contributed by atoms with Gasteiger partial charge in [-0.3, -0.25) is 4.79 Å². The summed E-state index contributed by atoms with van der Waals surface area (Å²) in [5, 5.41) is 0.938. The van der Waals surface area contributed by atoms with Crippen LogP contribution in [0.1, 0.15) is 47.7 Å². The second-order valence-corrected chi connectivity index (χ2v) is 7.36. The molecule has 0 spiro atoms. The smallest absolute Gasteiger partial charge is 0.339 e. The number of H-pyrrole nitrogens is 1. The Bertz CT molecular complexity index is 1030. The molecule has 1 aliphatic heterocycles. The predicted molar refractivity (Wildman–Crippen MR) is 105 cm³/mol. The van der Waals surface area contributed by atoms with Crippen molar-refractivity contribution in [2.24, 2.45) is 0 Å². The molecule has 1 atom stereocenters. The zero-order chi connectivity index (χ0) is 19.0. The first-order chi connectivity index (χ1) is 13.0. The van der Waals surface area contributed by atoms with Crippen LogP contribution in [-0.2, 0) is 11.2 Å². The normalized spacial score (nSPS) is 17.0. The van der Waals surface area contributed by atoms with Crippen molar-refractivity contribution in [2.75, 3.05) is 6.54 Å². The quantitative estimate of drug-likeness (QED) is 0.711. The summed E-state index contributed by atoms with van der Waals surface area (Å²) in [6, 6.07) is 9.97. The first kappa shape index (κ1) is 17.6. The minimum absolute atomic E-state index is 0.0925. The molecule has 27 heavy (non-hydrogen) atoms. The fourth-order valence-corrected chi connectivity index (χ4v) is 4.11. The summed E-state index contributed by atoms with van der Waals surface area (Å²) < 4.78 is 5.51. The lowest BCUT2D eigenvalue weighted by atomic mass is 10.0. The Labute approximate surface area is 158 Å². The number of aromatic nitrogens is 1. The summed E-state index contributed by atoms with van der Waals surface area (Å²) in [5.74, 6) is 0.0925. The van der Waals surface area contributed by atoms with Gasteiger partial charge in [-0.25, -0.2) is 4.79 Å². The van der Waals surface area contributed by atoms with E-state index in [0.29, 0.717) is 24.0 Å². The third-order valence-corrected chi connectivity index (χ3v) is 5.59. The van der Waals surface area contributed by atoms with Crippen molar-refractivity contribution in [1.82, 2.24) is 9.88 Å². The van der Waals surface area contributed by atoms with E-state index in [2.05, 4.69) is 4.98 Å². The summed E-state index contributed by atoms with van der Waals surface area (Å²) in [7, 11) is 0. The van der Waals surface area contributed by atoms with Gasteiger partial charge >= 0.3 is 5.63 Å². The van der Waals surface area contributed by atoms with Crippen molar-refractivity contribution in [3.63, 3.8) is 0 Å². The molecule has 1 saturated heterocycles. The van der Waals surface area contributed by atoms with Gasteiger partial charge in [0, 0.05) is 35.8 Å². The Balaban J connectivity index is 1.54. The first-order valence-corrected chi connectivity index (χ1v) is 9.50. The van der Waals surface area contributed by atoms with Crippen molar-refractivity contribution < 1.29 is 9.21 Å². The summed E-state index contributed by atoms with van der Waals surface area (Å²) in [6.07, 6.45) is 4.60. The van der Waals surface area contributed by atoms with Gasteiger partial charge in [-0.2, -0.15) is 0 Å². The van der Waals surface area contributed by atoms with E-state index in [9.17, 15) is 9.59 Å². The third kappa shape index (κ3) is 3.29. The number of hydrogen-bond donors (Lipinski definition) is 1. The predicted octanol–water partition coefficient (Wildman–Crippen LogP) is 4.03. The average Bonchev–Trinajstić information content (AvgIpc) is 3.32. The first-order valence-electron chi connectivity index (χ1n) is 9.50. The van der Waals surface area contributed by atoms with Crippen LogP contribution >= 0.6 is 0 Å². The molecule has 1 aromatic carbocycles. The molecule has 1 aliphatic rings. The topological polar surface area (TPSA) is 66.3 Å². The highest BCUT2D eigenvalue weighted by molar-refractivity contribution is 5.82. The Morgan fingerprint density at radius 1 is 1.30 bits per heavy atom. The van der Waals surface area contributed by atoms with Crippen LogP contribution in [-0.4, -0.2) is 22.3 Å². The number of carbonyl (C=O) groups is 1. The van der Waals surface area contributed by atoms with Crippen molar-refractivity contribution in [1.29, 1.82) is 0 Å². The van der Waals surface area contributed by atoms with Gasteiger partial charge in [0.05, 0.1) is 6.04 Å². The van der Waals surface area contributed by atoms with Crippen LogP contribution < -0.4 is 5.63 Å². The highest BCUT2D eigenvalue weighted by Gasteiger charge is 2.30. The minimum Gasteiger partial charge on any atom is -0.423 e. The molecule has 3 heterocycles. The summed E-state index contributed by atoms with van der Waals surface area (Å²) in [4.78, 5) is 30.4. The number of amides is 1. The van der Waals surface area contributed by atoms with Gasteiger partial charge in [-0.1, -0.05) is 12.1 Å². The van der Waals surface area contributed by atoms with E-state index in [4.69, 9.17) is 4.42 Å². The zero-order valence-electron chi connectivity index (χ0n) is 15.7. The fourth-order valence-electron chi connectivity index (χ4n) is 4.11. The number of likely N-dealkylation sites (tertiary alicyclic amines) is 1. The van der Waals surface area contributed by atoms with Gasteiger partial charge in [0.25, 0.3) is 0 Å². The van der Waals surface area contributed by atoms with Crippen LogP contribution in [0.5, 0.6) is 0 Å². The highest BCUT2D eigenvalue weighted by Crippen LogP contribution is 2.31. The molecule has 0 bridgehead atoms. The number of nitrogens with zero attached hydrogens (tertiary/aromatic N) is 1. The lowest BCUT2D eigenvalue weighted by Gasteiger charge is -2.24. The molecule has 1 amide bonds. The number of carbonyl (C=O) groups excluding carboxylic acids is 1. The third-order valence-electron chi connectivity index (χ3n) is 5.59. The van der Waals surface area contributed by atoms with Crippen molar-refractivity contribution in [3.8, 4) is 0 Å². The van der Waals surface area contributed by atoms with E-state index < -0.39 is 0 Å². The monoisotopic (exact) mass is 364 g/mol. The second kappa shape index (κ2) is 7.06. The van der Waals surface area contributed by atoms with Crippen LogP contribution in [0.25, 0.3) is 11.0 Å². The molecule has 140 valence electrons. The van der Waals surface area contributed by atoms with E-state index in [1.165, 1.54) is 0 Å². The molecule has 0 saturated carbocycles. The molecule has 2 aromatic heterocycles. The molecular weight excluding hydrogens is 340 g/mol. The minimum atomic E-state index is -0.333. The molecule has 1 fully saturated rings. The number of benzene rings is 1. The standard InChI is InChI=1S/C22H24N2O3/c1-14-7-8-16-15(2)17(22(26)27-20(16)13-14)9-10-21(25)24-12-4-6-19(24)18-5-3-11-23-18/h3,5,7-8,11,13,19,23H,4,6,9-10,12H2,1-2H3/t19-/m1/s1. The number of hydrogen-bond acceptors (Lipinski definition) is 3. The van der Waals surface area contributed by atoms with E-state index in [1.807, 2.05) is 55.3 Å². The van der Waals surface area contributed by atoms with Crippen molar-refractivity contribution >= 4 is 16.9 Å². The SMILES string of the molecule is Cc1ccc2c(C)c(CCC(=O)N3CCC[C@@H]3c3ccc[nH]3)c(=O)oc2c1. The molecule has 1 N–H and O–H groups in total. The van der Waals surface area contributed by atoms with Crippen LogP contribution in [0, 0.1) is 13.8 Å². The molecule has 0 aliphatic carbocycles. The van der Waals surface area contributed by atoms with Crippen molar-refractivity contribution in [2.45, 2.75) is 45.6 Å². The largest absolute Gasteiger partial charge is 0.423 e. The van der Waals surface area contributed by atoms with Gasteiger partial charge in [0.2, 0.25) is 5.91 Å². The van der Waals surface area contributed by atoms with Crippen LogP contribution in [0.2, 0.25) is 0 Å². The Kier molecular flexibility index (Phi) is 4.60. The lowest BCUT2D eigenvalue weighted by molar-refractivity contribution is -0.132. The van der Waals surface area contributed by atoms with Gasteiger partial charge in [-0.05, 0) is 62.4 Å². The van der Waals surface area contributed by atoms with Crippen molar-refractivity contribution in [3.05, 3.63) is 69.3 Å². The van der Waals surface area contributed by atoms with Gasteiger partial charge in [-0.15, -0.1) is 0 Å². The van der Waals surface area contributed by atoms with Gasteiger partial charge < -0.3 is 14.3 Å². The molecule has 3 aromatic rings. The molecule has 0 radical (unpaired) electrons. The molecule has 4 rings (SSSR count). The molecule has 5 nitrogen and oxygen atoms in total. The number of aryl methyl sites for hydroxylation is 2. The zero-order valence-corrected chi connectivity index (χ0v) is 15.7. The second-order valence-electron chi connectivity index (χ2n) is 7.36. The average molecular weight is 364 g/mol. The maximum atomic E-state index is 12.8. The fraction of sp³-hybridized carbons (Fsp3) is 0.364. The van der Waals surface area contributed by atoms with E-state index in [-0.39, 0.29) is 17.6 Å². The number of aromatic amines is 1. The molecular formula is C22H24N2O3. The Morgan fingerprint density at radius 2 is 2.15 bits per heavy atom. The molecule has 5 heteroatoms. The van der Waals surface area contributed by atoms with E-state index >= 15 is 0 Å². The van der Waals surface area contributed by atoms with Gasteiger partial charge in [0.1, 0.15) is 5.58 Å². The van der Waals surface area contributed by atoms with Crippen LogP contribution in [0.15, 0.2) is 45.7 Å². The van der Waals surface area contributed by atoms with Crippen LogP contribution in [0.3, 0.4) is 0 Å². The Morgan fingerprint density at radius 3 is 2.93 bits per heavy atom. The summed E-state index contributed by atoms with van der Waals surface area (Å²) >= 11 is 0. The van der Waals surface area contributed by atoms with E-state index in [0.717, 1.165) is 41.6 Å². The lowest BCUT2D eigenvalue weighted by Crippen LogP contribution is -2.31. The van der Waals surface area contributed by atoms with Crippen LogP contribution in [0.4, 0.5) is 0 Å². The summed E-state index contributed by atoms with van der Waals surface area (Å²) in [6.45, 7) is 4.68. The summed E-state index contributed by atoms with van der Waals surface area (Å²) in [5.41, 5.74) is 3.93. The number of fused-ring (bicyclic) bond motifs is 1. The van der Waals surface area contributed by atoms with E-state index in [1.54, 1.807) is 0 Å². The highest BCUT2D eigenvalue weighted by atomic mass is 16.4. The number of rotatable bonds is 4. The maximum Gasteiger partial charge on any atom is 0.339 e. The number of nitrogens with one attached hydrogen (secondary N) is 1. The van der Waals surface area contributed by atoms with Gasteiger partial charge in [0.15, 0.2) is 0 Å². The molecule has 0 unspecified atom stereocenters. The Hall–Kier alpha value is -2.82.